The Balaban J connectivity index is 1.22. The van der Waals surface area contributed by atoms with Crippen molar-refractivity contribution in [3.05, 3.63) is 71.1 Å². The van der Waals surface area contributed by atoms with Crippen LogP contribution < -0.4 is 4.90 Å². The molecule has 8 nitrogen and oxygen atoms in total. The first-order valence-electron chi connectivity index (χ1n) is 12.5. The average molecular weight is 466 g/mol. The zero-order valence-electron chi connectivity index (χ0n) is 19.8. The fourth-order valence-corrected chi connectivity index (χ4v) is 5.39. The highest BCUT2D eigenvalue weighted by Gasteiger charge is 2.29. The van der Waals surface area contributed by atoms with Crippen LogP contribution in [-0.4, -0.2) is 41.8 Å². The van der Waals surface area contributed by atoms with Crippen LogP contribution in [0.3, 0.4) is 0 Å². The molecular formula is C27H27N7O. The minimum absolute atomic E-state index is 0.0112. The van der Waals surface area contributed by atoms with Crippen molar-refractivity contribution in [2.75, 3.05) is 11.4 Å². The zero-order chi connectivity index (χ0) is 23.5. The Labute approximate surface area is 203 Å². The Morgan fingerprint density at radius 3 is 2.83 bits per heavy atom. The van der Waals surface area contributed by atoms with Crippen molar-refractivity contribution in [3.8, 4) is 17.2 Å². The Bertz CT molecular complexity index is 1460. The molecule has 0 unspecified atom stereocenters. The van der Waals surface area contributed by atoms with Gasteiger partial charge in [-0.15, -0.1) is 10.2 Å². The molecule has 0 saturated heterocycles. The van der Waals surface area contributed by atoms with Gasteiger partial charge in [0.1, 0.15) is 17.3 Å². The standard InChI is InChI=1S/C27H27N7O/c1-17-13-19-10-12-34(27(35)20(19)14-23(17)32-15-22(28-16-32)18-8-9-18)24-7-4-5-21(29-24)26-31-30-25-6-2-3-11-33(25)26/h4-5,7,13-16,18H,2-3,6,8-12H2,1H3. The van der Waals surface area contributed by atoms with Crippen LogP contribution in [0, 0.1) is 6.92 Å². The molecule has 0 atom stereocenters. The first kappa shape index (κ1) is 20.6. The molecule has 0 N–H and O–H groups in total. The average Bonchev–Trinajstić information content (AvgIpc) is 3.45. The van der Waals surface area contributed by atoms with E-state index in [1.165, 1.54) is 12.8 Å². The number of fused-ring (bicyclic) bond motifs is 2. The van der Waals surface area contributed by atoms with Crippen LogP contribution >= 0.6 is 0 Å². The van der Waals surface area contributed by atoms with E-state index in [1.54, 1.807) is 4.90 Å². The number of hydrogen-bond donors (Lipinski definition) is 0. The van der Waals surface area contributed by atoms with E-state index >= 15 is 0 Å². The number of anilines is 1. The second kappa shape index (κ2) is 7.86. The van der Waals surface area contributed by atoms with E-state index in [0.29, 0.717) is 18.3 Å². The monoisotopic (exact) mass is 465 g/mol. The Hall–Kier alpha value is -3.81. The number of nitrogens with zero attached hydrogens (tertiary/aromatic N) is 7. The molecule has 35 heavy (non-hydrogen) atoms. The highest BCUT2D eigenvalue weighted by atomic mass is 16.2. The number of aromatic nitrogens is 6. The van der Waals surface area contributed by atoms with Crippen LogP contribution in [-0.2, 0) is 19.4 Å². The maximum Gasteiger partial charge on any atom is 0.259 e. The molecular weight excluding hydrogens is 438 g/mol. The lowest BCUT2D eigenvalue weighted by Gasteiger charge is -2.29. The third kappa shape index (κ3) is 3.47. The minimum atomic E-state index is -0.0112. The smallest absolute Gasteiger partial charge is 0.259 e. The van der Waals surface area contributed by atoms with Crippen LogP contribution in [0.5, 0.6) is 0 Å². The van der Waals surface area contributed by atoms with Crippen molar-refractivity contribution < 1.29 is 4.79 Å². The van der Waals surface area contributed by atoms with E-state index in [4.69, 9.17) is 4.98 Å². The summed E-state index contributed by atoms with van der Waals surface area (Å²) < 4.78 is 4.22. The number of hydrogen-bond acceptors (Lipinski definition) is 5. The summed E-state index contributed by atoms with van der Waals surface area (Å²) in [5, 5.41) is 8.79. The SMILES string of the molecule is Cc1cc2c(cc1-n1cnc(C3CC3)c1)C(=O)N(c1cccc(-c3nnc4n3CCCC4)n1)CC2. The summed E-state index contributed by atoms with van der Waals surface area (Å²) >= 11 is 0. The van der Waals surface area contributed by atoms with Gasteiger partial charge in [-0.25, -0.2) is 9.97 Å². The van der Waals surface area contributed by atoms with Crippen molar-refractivity contribution in [1.29, 1.82) is 0 Å². The first-order chi connectivity index (χ1) is 17.2. The molecule has 1 fully saturated rings. The third-order valence-corrected chi connectivity index (χ3v) is 7.48. The largest absolute Gasteiger partial charge is 0.310 e. The number of pyridine rings is 1. The highest BCUT2D eigenvalue weighted by Crippen LogP contribution is 2.39. The molecule has 0 spiro atoms. The summed E-state index contributed by atoms with van der Waals surface area (Å²) in [6.45, 7) is 3.63. The maximum atomic E-state index is 13.7. The molecule has 1 aliphatic carbocycles. The van der Waals surface area contributed by atoms with E-state index < -0.39 is 0 Å². The summed E-state index contributed by atoms with van der Waals surface area (Å²) in [4.78, 5) is 25.0. The summed E-state index contributed by atoms with van der Waals surface area (Å²) in [5.41, 5.74) is 5.91. The molecule has 3 aliphatic rings. The van der Waals surface area contributed by atoms with Gasteiger partial charge in [0, 0.05) is 37.2 Å². The van der Waals surface area contributed by atoms with Gasteiger partial charge < -0.3 is 9.13 Å². The molecule has 2 aliphatic heterocycles. The molecule has 8 heteroatoms. The highest BCUT2D eigenvalue weighted by molar-refractivity contribution is 6.08. The minimum Gasteiger partial charge on any atom is -0.310 e. The molecule has 1 saturated carbocycles. The van der Waals surface area contributed by atoms with Crippen LogP contribution in [0.25, 0.3) is 17.2 Å². The van der Waals surface area contributed by atoms with Gasteiger partial charge in [-0.1, -0.05) is 12.1 Å². The van der Waals surface area contributed by atoms with Gasteiger partial charge in [0.15, 0.2) is 5.82 Å². The third-order valence-electron chi connectivity index (χ3n) is 7.48. The van der Waals surface area contributed by atoms with E-state index in [-0.39, 0.29) is 5.91 Å². The summed E-state index contributed by atoms with van der Waals surface area (Å²) in [6, 6.07) is 10.00. The van der Waals surface area contributed by atoms with Gasteiger partial charge in [-0.3, -0.25) is 9.69 Å². The molecule has 1 amide bonds. The van der Waals surface area contributed by atoms with Crippen molar-refractivity contribution in [1.82, 2.24) is 29.3 Å². The lowest BCUT2D eigenvalue weighted by Crippen LogP contribution is -2.38. The number of amides is 1. The second-order valence-electron chi connectivity index (χ2n) is 9.91. The van der Waals surface area contributed by atoms with Crippen LogP contribution in [0.2, 0.25) is 0 Å². The van der Waals surface area contributed by atoms with Gasteiger partial charge >= 0.3 is 0 Å². The van der Waals surface area contributed by atoms with Crippen molar-refractivity contribution in [3.63, 3.8) is 0 Å². The van der Waals surface area contributed by atoms with E-state index in [2.05, 4.69) is 43.5 Å². The van der Waals surface area contributed by atoms with Gasteiger partial charge in [-0.05, 0) is 68.4 Å². The molecule has 176 valence electrons. The van der Waals surface area contributed by atoms with E-state index in [9.17, 15) is 4.79 Å². The molecule has 4 aromatic rings. The van der Waals surface area contributed by atoms with Crippen molar-refractivity contribution >= 4 is 11.7 Å². The van der Waals surface area contributed by atoms with Crippen molar-refractivity contribution in [2.24, 2.45) is 0 Å². The van der Waals surface area contributed by atoms with Gasteiger partial charge in [0.2, 0.25) is 0 Å². The summed E-state index contributed by atoms with van der Waals surface area (Å²) in [7, 11) is 0. The fourth-order valence-electron chi connectivity index (χ4n) is 5.39. The predicted octanol–water partition coefficient (Wildman–Crippen LogP) is 4.25. The zero-order valence-corrected chi connectivity index (χ0v) is 19.8. The molecule has 5 heterocycles. The maximum absolute atomic E-state index is 13.7. The Morgan fingerprint density at radius 1 is 1.03 bits per heavy atom. The lowest BCUT2D eigenvalue weighted by molar-refractivity contribution is 0.0980. The van der Waals surface area contributed by atoms with Crippen LogP contribution in [0.15, 0.2) is 42.9 Å². The normalized spacial score (nSPS) is 17.4. The van der Waals surface area contributed by atoms with Gasteiger partial charge in [-0.2, -0.15) is 0 Å². The van der Waals surface area contributed by atoms with Crippen LogP contribution in [0.4, 0.5) is 5.82 Å². The first-order valence-corrected chi connectivity index (χ1v) is 12.5. The summed E-state index contributed by atoms with van der Waals surface area (Å²) in [6.07, 6.45) is 10.4. The van der Waals surface area contributed by atoms with Gasteiger partial charge in [0.05, 0.1) is 17.7 Å². The molecule has 1 aromatic carbocycles. The number of carbonyl (C=O) groups excluding carboxylic acids is 1. The number of imidazole rings is 1. The number of rotatable bonds is 4. The Morgan fingerprint density at radius 2 is 1.94 bits per heavy atom. The Kier molecular flexibility index (Phi) is 4.62. The predicted molar refractivity (Wildman–Crippen MR) is 132 cm³/mol. The topological polar surface area (TPSA) is 81.7 Å². The van der Waals surface area contributed by atoms with E-state index in [1.807, 2.05) is 30.6 Å². The molecule has 0 bridgehead atoms. The van der Waals surface area contributed by atoms with Crippen molar-refractivity contribution in [2.45, 2.75) is 57.9 Å². The lowest BCUT2D eigenvalue weighted by atomic mass is 9.95. The van der Waals surface area contributed by atoms with Crippen LogP contribution in [0.1, 0.15) is 64.6 Å². The quantitative estimate of drug-likeness (QED) is 0.450. The molecule has 3 aromatic heterocycles. The number of aryl methyl sites for hydroxylation is 2. The summed E-state index contributed by atoms with van der Waals surface area (Å²) in [5.74, 6) is 3.06. The van der Waals surface area contributed by atoms with E-state index in [0.717, 1.165) is 77.6 Å². The molecule has 0 radical (unpaired) electrons. The second-order valence-corrected chi connectivity index (χ2v) is 9.91. The number of benzene rings is 1. The molecule has 7 rings (SSSR count). The van der Waals surface area contributed by atoms with Gasteiger partial charge in [0.25, 0.3) is 5.91 Å². The number of carbonyl (C=O) groups is 1. The fraction of sp³-hybridized carbons (Fsp3) is 0.370.